The molecular formula is C17H22N2O3. The lowest BCUT2D eigenvalue weighted by Gasteiger charge is -2.30. The Morgan fingerprint density at radius 2 is 2.36 bits per heavy atom. The van der Waals surface area contributed by atoms with E-state index < -0.39 is 0 Å². The van der Waals surface area contributed by atoms with E-state index in [0.29, 0.717) is 12.3 Å². The molecule has 0 spiro atoms. The van der Waals surface area contributed by atoms with Gasteiger partial charge in [-0.25, -0.2) is 0 Å². The van der Waals surface area contributed by atoms with E-state index in [2.05, 4.69) is 17.6 Å². The van der Waals surface area contributed by atoms with E-state index in [9.17, 15) is 4.79 Å². The van der Waals surface area contributed by atoms with E-state index in [0.717, 1.165) is 41.8 Å². The van der Waals surface area contributed by atoms with E-state index in [4.69, 9.17) is 9.15 Å². The van der Waals surface area contributed by atoms with E-state index in [-0.39, 0.29) is 11.9 Å². The van der Waals surface area contributed by atoms with E-state index in [1.807, 2.05) is 18.2 Å². The van der Waals surface area contributed by atoms with Crippen LogP contribution < -0.4 is 15.4 Å². The molecule has 1 amide bonds. The fraction of sp³-hybridized carbons (Fsp3) is 0.471. The van der Waals surface area contributed by atoms with E-state index in [1.54, 1.807) is 13.4 Å². The molecule has 1 aromatic heterocycles. The third-order valence-corrected chi connectivity index (χ3v) is 4.39. The Bertz CT molecular complexity index is 665. The number of hydrogen-bond acceptors (Lipinski definition) is 4. The molecule has 0 bridgehead atoms. The second-order valence-electron chi connectivity index (χ2n) is 5.94. The van der Waals surface area contributed by atoms with Gasteiger partial charge >= 0.3 is 0 Å². The number of carbonyl (C=O) groups is 1. The van der Waals surface area contributed by atoms with Crippen molar-refractivity contribution in [2.45, 2.75) is 25.8 Å². The van der Waals surface area contributed by atoms with Gasteiger partial charge in [0.05, 0.1) is 19.8 Å². The van der Waals surface area contributed by atoms with Crippen LogP contribution in [0.25, 0.3) is 11.0 Å². The van der Waals surface area contributed by atoms with Crippen LogP contribution in [-0.2, 0) is 11.2 Å². The van der Waals surface area contributed by atoms with Gasteiger partial charge in [0.15, 0.2) is 0 Å². The van der Waals surface area contributed by atoms with Crippen molar-refractivity contribution in [3.05, 3.63) is 30.0 Å². The maximum absolute atomic E-state index is 12.3. The molecule has 0 aliphatic carbocycles. The minimum absolute atomic E-state index is 0.0408. The molecular weight excluding hydrogens is 280 g/mol. The van der Waals surface area contributed by atoms with Gasteiger partial charge in [-0.15, -0.1) is 0 Å². The second kappa shape index (κ2) is 6.40. The summed E-state index contributed by atoms with van der Waals surface area (Å²) in [5, 5.41) is 7.41. The molecule has 1 saturated heterocycles. The summed E-state index contributed by atoms with van der Waals surface area (Å²) in [6.45, 7) is 4.06. The number of amides is 1. The fourth-order valence-electron chi connectivity index (χ4n) is 2.94. The third kappa shape index (κ3) is 3.09. The van der Waals surface area contributed by atoms with Gasteiger partial charge in [-0.2, -0.15) is 0 Å². The standard InChI is InChI=1S/C17H22N2O3/c1-11-5-6-18-9-15(11)19-17(20)7-12-10-22-16-8-13(21-2)3-4-14(12)16/h3-4,8,10-11,15,18H,5-7,9H2,1-2H3,(H,19,20). The number of furan rings is 1. The second-order valence-corrected chi connectivity index (χ2v) is 5.94. The van der Waals surface area contributed by atoms with Crippen LogP contribution in [0.1, 0.15) is 18.9 Å². The molecule has 1 aromatic carbocycles. The minimum atomic E-state index is 0.0408. The number of fused-ring (bicyclic) bond motifs is 1. The van der Waals surface area contributed by atoms with Crippen molar-refractivity contribution in [3.63, 3.8) is 0 Å². The van der Waals surface area contributed by atoms with Crippen molar-refractivity contribution in [3.8, 4) is 5.75 Å². The monoisotopic (exact) mass is 302 g/mol. The highest BCUT2D eigenvalue weighted by Crippen LogP contribution is 2.26. The molecule has 2 heterocycles. The normalized spacial score (nSPS) is 21.7. The topological polar surface area (TPSA) is 63.5 Å². The molecule has 2 aromatic rings. The molecule has 118 valence electrons. The molecule has 5 nitrogen and oxygen atoms in total. The zero-order valence-electron chi connectivity index (χ0n) is 13.0. The number of nitrogens with one attached hydrogen (secondary N) is 2. The number of rotatable bonds is 4. The Hall–Kier alpha value is -2.01. The summed E-state index contributed by atoms with van der Waals surface area (Å²) in [5.74, 6) is 1.30. The van der Waals surface area contributed by atoms with Gasteiger partial charge in [0.1, 0.15) is 11.3 Å². The summed E-state index contributed by atoms with van der Waals surface area (Å²) in [7, 11) is 1.62. The SMILES string of the molecule is COc1ccc2c(CC(=O)NC3CNCCC3C)coc2c1. The molecule has 2 atom stereocenters. The summed E-state index contributed by atoms with van der Waals surface area (Å²) >= 11 is 0. The largest absolute Gasteiger partial charge is 0.497 e. The van der Waals surface area contributed by atoms with Crippen LogP contribution in [0.15, 0.2) is 28.9 Å². The number of benzene rings is 1. The molecule has 1 aliphatic heterocycles. The van der Waals surface area contributed by atoms with Crippen molar-refractivity contribution in [2.75, 3.05) is 20.2 Å². The van der Waals surface area contributed by atoms with Crippen LogP contribution in [0.2, 0.25) is 0 Å². The molecule has 0 saturated carbocycles. The molecule has 5 heteroatoms. The first kappa shape index (κ1) is 14.9. The van der Waals surface area contributed by atoms with Crippen LogP contribution in [0, 0.1) is 5.92 Å². The minimum Gasteiger partial charge on any atom is -0.497 e. The van der Waals surface area contributed by atoms with Gasteiger partial charge in [-0.3, -0.25) is 4.79 Å². The quantitative estimate of drug-likeness (QED) is 0.908. The first-order valence-electron chi connectivity index (χ1n) is 7.71. The predicted molar refractivity (Wildman–Crippen MR) is 85.1 cm³/mol. The van der Waals surface area contributed by atoms with Crippen molar-refractivity contribution in [2.24, 2.45) is 5.92 Å². The average molecular weight is 302 g/mol. The lowest BCUT2D eigenvalue weighted by molar-refractivity contribution is -0.121. The molecule has 3 rings (SSSR count). The molecule has 2 unspecified atom stereocenters. The molecule has 2 N–H and O–H groups in total. The van der Waals surface area contributed by atoms with Gasteiger partial charge in [0.2, 0.25) is 5.91 Å². The van der Waals surface area contributed by atoms with Crippen LogP contribution in [0.3, 0.4) is 0 Å². The van der Waals surface area contributed by atoms with Gasteiger partial charge in [-0.05, 0) is 31.0 Å². The van der Waals surface area contributed by atoms with Gasteiger partial charge in [0.25, 0.3) is 0 Å². The third-order valence-electron chi connectivity index (χ3n) is 4.39. The lowest BCUT2D eigenvalue weighted by Crippen LogP contribution is -2.50. The van der Waals surface area contributed by atoms with E-state index in [1.165, 1.54) is 0 Å². The summed E-state index contributed by atoms with van der Waals surface area (Å²) < 4.78 is 10.7. The highest BCUT2D eigenvalue weighted by atomic mass is 16.5. The summed E-state index contributed by atoms with van der Waals surface area (Å²) in [4.78, 5) is 12.3. The van der Waals surface area contributed by atoms with Gasteiger partial charge in [0, 0.05) is 29.6 Å². The Balaban J connectivity index is 1.68. The van der Waals surface area contributed by atoms with Crippen molar-refractivity contribution in [1.29, 1.82) is 0 Å². The first-order valence-corrected chi connectivity index (χ1v) is 7.71. The predicted octanol–water partition coefficient (Wildman–Crippen LogP) is 2.10. The first-order chi connectivity index (χ1) is 10.7. The van der Waals surface area contributed by atoms with Crippen molar-refractivity contribution in [1.82, 2.24) is 10.6 Å². The molecule has 0 radical (unpaired) electrons. The zero-order valence-corrected chi connectivity index (χ0v) is 13.0. The fourth-order valence-corrected chi connectivity index (χ4v) is 2.94. The number of hydrogen-bond donors (Lipinski definition) is 2. The Morgan fingerprint density at radius 3 is 3.14 bits per heavy atom. The maximum atomic E-state index is 12.3. The zero-order chi connectivity index (χ0) is 15.5. The Kier molecular flexibility index (Phi) is 4.34. The van der Waals surface area contributed by atoms with Crippen LogP contribution in [-0.4, -0.2) is 32.1 Å². The summed E-state index contributed by atoms with van der Waals surface area (Å²) in [5.41, 5.74) is 1.65. The summed E-state index contributed by atoms with van der Waals surface area (Å²) in [6, 6.07) is 5.86. The van der Waals surface area contributed by atoms with Gasteiger partial charge < -0.3 is 19.8 Å². The Labute approximate surface area is 130 Å². The van der Waals surface area contributed by atoms with Crippen LogP contribution in [0.5, 0.6) is 5.75 Å². The molecule has 22 heavy (non-hydrogen) atoms. The van der Waals surface area contributed by atoms with Crippen molar-refractivity contribution < 1.29 is 13.9 Å². The number of piperidine rings is 1. The molecule has 1 fully saturated rings. The summed E-state index contributed by atoms with van der Waals surface area (Å²) in [6.07, 6.45) is 3.09. The van der Waals surface area contributed by atoms with E-state index >= 15 is 0 Å². The highest BCUT2D eigenvalue weighted by molar-refractivity contribution is 5.88. The van der Waals surface area contributed by atoms with Gasteiger partial charge in [-0.1, -0.05) is 6.92 Å². The van der Waals surface area contributed by atoms with Crippen LogP contribution >= 0.6 is 0 Å². The number of ether oxygens (including phenoxy) is 1. The maximum Gasteiger partial charge on any atom is 0.224 e. The molecule has 1 aliphatic rings. The van der Waals surface area contributed by atoms with Crippen LogP contribution in [0.4, 0.5) is 0 Å². The Morgan fingerprint density at radius 1 is 1.50 bits per heavy atom. The lowest BCUT2D eigenvalue weighted by atomic mass is 9.94. The van der Waals surface area contributed by atoms with Crippen molar-refractivity contribution >= 4 is 16.9 Å². The average Bonchev–Trinajstić information content (AvgIpc) is 2.91. The number of carbonyl (C=O) groups excluding carboxylic acids is 1. The number of methoxy groups -OCH3 is 1. The highest BCUT2D eigenvalue weighted by Gasteiger charge is 2.23. The smallest absolute Gasteiger partial charge is 0.224 e.